The van der Waals surface area contributed by atoms with Crippen LogP contribution in [-0.4, -0.2) is 57.5 Å². The van der Waals surface area contributed by atoms with Crippen LogP contribution < -0.4 is 5.32 Å². The lowest BCUT2D eigenvalue weighted by atomic mass is 9.85. The maximum atomic E-state index is 12.6. The fourth-order valence-corrected chi connectivity index (χ4v) is 3.65. The molecule has 1 spiro atoms. The molecule has 2 aliphatic rings. The molecular weight excluding hydrogens is 334 g/mol. The van der Waals surface area contributed by atoms with Crippen molar-refractivity contribution in [3.63, 3.8) is 0 Å². The van der Waals surface area contributed by atoms with Crippen LogP contribution in [0.25, 0.3) is 0 Å². The third-order valence-corrected chi connectivity index (χ3v) is 5.38. The Hall–Kier alpha value is -2.41. The number of piperidine rings is 1. The minimum atomic E-state index is -1.04. The number of aliphatic hydroxyl groups excluding tert-OH is 1. The number of rotatable bonds is 4. The van der Waals surface area contributed by atoms with E-state index >= 15 is 0 Å². The summed E-state index contributed by atoms with van der Waals surface area (Å²) in [6.45, 7) is 4.61. The molecule has 26 heavy (non-hydrogen) atoms. The molecule has 2 N–H and O–H groups in total. The first-order valence-electron chi connectivity index (χ1n) is 8.99. The third kappa shape index (κ3) is 3.19. The van der Waals surface area contributed by atoms with Gasteiger partial charge in [-0.2, -0.15) is 0 Å². The average molecular weight is 359 g/mol. The fraction of sp³-hybridized carbons (Fsp3) is 0.526. The van der Waals surface area contributed by atoms with Gasteiger partial charge in [0.2, 0.25) is 0 Å². The second-order valence-electron chi connectivity index (χ2n) is 7.38. The Morgan fingerprint density at radius 2 is 1.81 bits per heavy atom. The van der Waals surface area contributed by atoms with E-state index in [0.29, 0.717) is 32.5 Å². The van der Waals surface area contributed by atoms with Crippen LogP contribution >= 0.6 is 0 Å². The van der Waals surface area contributed by atoms with Gasteiger partial charge in [0.15, 0.2) is 0 Å². The molecule has 1 atom stereocenters. The number of amides is 4. The quantitative estimate of drug-likeness (QED) is 0.788. The number of nitrogens with zero attached hydrogens (tertiary/aromatic N) is 2. The molecule has 0 bridgehead atoms. The van der Waals surface area contributed by atoms with Gasteiger partial charge in [0, 0.05) is 19.6 Å². The zero-order valence-electron chi connectivity index (χ0n) is 15.1. The van der Waals surface area contributed by atoms with Gasteiger partial charge in [-0.1, -0.05) is 44.2 Å². The molecule has 3 rings (SSSR count). The molecule has 7 nitrogen and oxygen atoms in total. The van der Waals surface area contributed by atoms with E-state index in [0.717, 1.165) is 5.56 Å². The maximum Gasteiger partial charge on any atom is 0.325 e. The van der Waals surface area contributed by atoms with Crippen molar-refractivity contribution in [3.05, 3.63) is 35.9 Å². The summed E-state index contributed by atoms with van der Waals surface area (Å²) in [4.78, 5) is 40.4. The maximum absolute atomic E-state index is 12.6. The molecule has 0 radical (unpaired) electrons. The van der Waals surface area contributed by atoms with Crippen molar-refractivity contribution in [3.8, 4) is 0 Å². The fourth-order valence-electron chi connectivity index (χ4n) is 3.65. The predicted molar refractivity (Wildman–Crippen MR) is 94.9 cm³/mol. The van der Waals surface area contributed by atoms with Gasteiger partial charge in [-0.05, 0) is 24.3 Å². The number of hydrogen-bond donors (Lipinski definition) is 2. The van der Waals surface area contributed by atoms with Crippen LogP contribution in [0.1, 0.15) is 32.3 Å². The number of carbonyl (C=O) groups is 3. The summed E-state index contributed by atoms with van der Waals surface area (Å²) >= 11 is 0. The van der Waals surface area contributed by atoms with Crippen LogP contribution in [0.4, 0.5) is 4.79 Å². The number of likely N-dealkylation sites (tertiary alicyclic amines) is 1. The lowest BCUT2D eigenvalue weighted by Gasteiger charge is -2.42. The van der Waals surface area contributed by atoms with Gasteiger partial charge in [0.1, 0.15) is 11.6 Å². The normalized spacial score (nSPS) is 20.6. The van der Waals surface area contributed by atoms with Crippen LogP contribution in [-0.2, 0) is 16.1 Å². The summed E-state index contributed by atoms with van der Waals surface area (Å²) in [5, 5.41) is 12.4. The lowest BCUT2D eigenvalue weighted by molar-refractivity contribution is -0.146. The highest BCUT2D eigenvalue weighted by atomic mass is 16.3. The first kappa shape index (κ1) is 18.4. The van der Waals surface area contributed by atoms with Crippen molar-refractivity contribution >= 4 is 17.8 Å². The minimum absolute atomic E-state index is 0.163. The number of nitrogens with one attached hydrogen (secondary N) is 1. The largest absolute Gasteiger partial charge is 0.383 e. The summed E-state index contributed by atoms with van der Waals surface area (Å²) in [5.74, 6) is -0.770. The van der Waals surface area contributed by atoms with Crippen molar-refractivity contribution in [1.29, 1.82) is 0 Å². The summed E-state index contributed by atoms with van der Waals surface area (Å²) in [6.07, 6.45) is -0.300. The van der Waals surface area contributed by atoms with E-state index in [1.165, 1.54) is 0 Å². The van der Waals surface area contributed by atoms with Crippen LogP contribution in [0, 0.1) is 5.92 Å². The molecule has 0 aliphatic carbocycles. The molecule has 1 aromatic rings. The number of hydrogen-bond acceptors (Lipinski definition) is 4. The molecule has 1 unspecified atom stereocenters. The standard InChI is InChI=1S/C19H25N3O4/c1-13(2)15(23)16(24)21-10-8-19(9-11-21)17(25)20-18(26)22(19)12-14-6-4-3-5-7-14/h3-7,13,15,23H,8-12H2,1-2H3,(H,20,25,26). The molecule has 0 aromatic heterocycles. The minimum Gasteiger partial charge on any atom is -0.383 e. The first-order valence-corrected chi connectivity index (χ1v) is 8.99. The van der Waals surface area contributed by atoms with E-state index in [9.17, 15) is 19.5 Å². The summed E-state index contributed by atoms with van der Waals surface area (Å²) < 4.78 is 0. The second-order valence-corrected chi connectivity index (χ2v) is 7.38. The van der Waals surface area contributed by atoms with Crippen molar-refractivity contribution in [2.24, 2.45) is 5.92 Å². The van der Waals surface area contributed by atoms with Crippen molar-refractivity contribution in [2.75, 3.05) is 13.1 Å². The number of imide groups is 1. The Balaban J connectivity index is 1.75. The van der Waals surface area contributed by atoms with Gasteiger partial charge in [-0.3, -0.25) is 14.9 Å². The highest BCUT2D eigenvalue weighted by Crippen LogP contribution is 2.34. The summed E-state index contributed by atoms with van der Waals surface area (Å²) in [7, 11) is 0. The summed E-state index contributed by atoms with van der Waals surface area (Å²) in [5.41, 5.74) is 0.0254. The lowest BCUT2D eigenvalue weighted by Crippen LogP contribution is -2.58. The van der Waals surface area contributed by atoms with E-state index in [-0.39, 0.29) is 23.8 Å². The van der Waals surface area contributed by atoms with Gasteiger partial charge in [0.05, 0.1) is 0 Å². The van der Waals surface area contributed by atoms with Crippen LogP contribution in [0.5, 0.6) is 0 Å². The van der Waals surface area contributed by atoms with Crippen LogP contribution in [0.3, 0.4) is 0 Å². The molecule has 2 aliphatic heterocycles. The molecule has 2 heterocycles. The Morgan fingerprint density at radius 3 is 2.38 bits per heavy atom. The first-order chi connectivity index (χ1) is 12.3. The second kappa shape index (κ2) is 7.07. The van der Waals surface area contributed by atoms with Gasteiger partial charge in [0.25, 0.3) is 11.8 Å². The highest BCUT2D eigenvalue weighted by Gasteiger charge is 2.54. The Labute approximate surface area is 153 Å². The van der Waals surface area contributed by atoms with Crippen LogP contribution in [0.2, 0.25) is 0 Å². The van der Waals surface area contributed by atoms with Gasteiger partial charge in [-0.25, -0.2) is 4.79 Å². The van der Waals surface area contributed by atoms with E-state index in [2.05, 4.69) is 5.32 Å². The Bertz CT molecular complexity index is 696. The smallest absolute Gasteiger partial charge is 0.325 e. The topological polar surface area (TPSA) is 90.0 Å². The molecule has 2 fully saturated rings. The Morgan fingerprint density at radius 1 is 1.19 bits per heavy atom. The summed E-state index contributed by atoms with van der Waals surface area (Å²) in [6, 6.07) is 9.14. The molecule has 1 aromatic carbocycles. The number of benzene rings is 1. The molecule has 2 saturated heterocycles. The number of urea groups is 1. The highest BCUT2D eigenvalue weighted by molar-refractivity contribution is 6.07. The number of carbonyl (C=O) groups excluding carboxylic acids is 3. The van der Waals surface area contributed by atoms with Gasteiger partial charge < -0.3 is 14.9 Å². The molecule has 7 heteroatoms. The SMILES string of the molecule is CC(C)C(O)C(=O)N1CCC2(CC1)C(=O)NC(=O)N2Cc1ccccc1. The van der Waals surface area contributed by atoms with Gasteiger partial charge in [-0.15, -0.1) is 0 Å². The third-order valence-electron chi connectivity index (χ3n) is 5.38. The predicted octanol–water partition coefficient (Wildman–Crippen LogP) is 1.12. The zero-order valence-corrected chi connectivity index (χ0v) is 15.1. The monoisotopic (exact) mass is 359 g/mol. The van der Waals surface area contributed by atoms with Gasteiger partial charge >= 0.3 is 6.03 Å². The molecule has 0 saturated carbocycles. The van der Waals surface area contributed by atoms with Crippen molar-refractivity contribution in [2.45, 2.75) is 44.9 Å². The van der Waals surface area contributed by atoms with Crippen LogP contribution in [0.15, 0.2) is 30.3 Å². The average Bonchev–Trinajstić information content (AvgIpc) is 2.86. The zero-order chi connectivity index (χ0) is 18.9. The molecule has 4 amide bonds. The van der Waals surface area contributed by atoms with Crippen molar-refractivity contribution < 1.29 is 19.5 Å². The number of aliphatic hydroxyl groups is 1. The van der Waals surface area contributed by atoms with E-state index in [4.69, 9.17) is 0 Å². The van der Waals surface area contributed by atoms with Crippen molar-refractivity contribution in [1.82, 2.24) is 15.1 Å². The molecular formula is C19H25N3O4. The Kier molecular flexibility index (Phi) is 5.00. The van der Waals surface area contributed by atoms with E-state index in [1.807, 2.05) is 30.3 Å². The van der Waals surface area contributed by atoms with E-state index in [1.54, 1.807) is 23.6 Å². The van der Waals surface area contributed by atoms with E-state index < -0.39 is 11.6 Å². The molecule has 140 valence electrons.